The maximum absolute atomic E-state index is 4.80. The number of nitrogens with zero attached hydrogens (tertiary/aromatic N) is 1. The monoisotopic (exact) mass is 458 g/mol. The molecule has 1 saturated carbocycles. The Morgan fingerprint density at radius 2 is 1.74 bits per heavy atom. The lowest BCUT2D eigenvalue weighted by Crippen LogP contribution is -2.30. The normalized spacial score (nSPS) is 24.1. The van der Waals surface area contributed by atoms with Gasteiger partial charge < -0.3 is 5.32 Å². The highest BCUT2D eigenvalue weighted by molar-refractivity contribution is 5.80. The molecule has 3 rings (SSSR count). The summed E-state index contributed by atoms with van der Waals surface area (Å²) >= 11 is 0. The van der Waals surface area contributed by atoms with Gasteiger partial charge in [-0.25, -0.2) is 0 Å². The first kappa shape index (κ1) is 26.3. The van der Waals surface area contributed by atoms with Crippen LogP contribution in [-0.2, 0) is 6.42 Å². The standard InChI is InChI=1S/C32H46N2/c1-6-27-14-16-29(17-15-27)21-25(4)33-23-31-20-19-30(18-13-24(31)3)26(5)34-32(7-2)22-28-11-9-8-10-12-28/h8-12,19-20,23-24,27,29,32,34H,4-7,13-18,21-22H2,1-3H3/t24?,27?,29?,32-/m1/s1. The molecule has 2 aliphatic rings. The van der Waals surface area contributed by atoms with E-state index in [0.29, 0.717) is 12.0 Å². The van der Waals surface area contributed by atoms with Crippen LogP contribution in [-0.4, -0.2) is 12.3 Å². The molecule has 0 amide bonds. The summed E-state index contributed by atoms with van der Waals surface area (Å²) in [6, 6.07) is 11.1. The topological polar surface area (TPSA) is 24.4 Å². The lowest BCUT2D eigenvalue weighted by atomic mass is 9.79. The summed E-state index contributed by atoms with van der Waals surface area (Å²) in [5.41, 5.74) is 6.09. The van der Waals surface area contributed by atoms with E-state index in [2.05, 4.69) is 87.9 Å². The van der Waals surface area contributed by atoms with E-state index >= 15 is 0 Å². The first-order valence-electron chi connectivity index (χ1n) is 13.6. The van der Waals surface area contributed by atoms with Gasteiger partial charge >= 0.3 is 0 Å². The van der Waals surface area contributed by atoms with Gasteiger partial charge in [0.2, 0.25) is 0 Å². The fourth-order valence-corrected chi connectivity index (χ4v) is 5.34. The molecule has 184 valence electrons. The zero-order valence-corrected chi connectivity index (χ0v) is 21.9. The summed E-state index contributed by atoms with van der Waals surface area (Å²) in [5.74, 6) is 2.21. The molecule has 1 N–H and O–H groups in total. The molecule has 1 aromatic carbocycles. The van der Waals surface area contributed by atoms with Gasteiger partial charge in [-0.3, -0.25) is 4.99 Å². The summed E-state index contributed by atoms with van der Waals surface area (Å²) < 4.78 is 0. The van der Waals surface area contributed by atoms with Crippen LogP contribution < -0.4 is 5.32 Å². The van der Waals surface area contributed by atoms with E-state index in [0.717, 1.165) is 55.3 Å². The average molecular weight is 459 g/mol. The van der Waals surface area contributed by atoms with Crippen LogP contribution in [0.1, 0.15) is 84.1 Å². The molecule has 0 saturated heterocycles. The molecule has 1 fully saturated rings. The van der Waals surface area contributed by atoms with Gasteiger partial charge in [0.15, 0.2) is 0 Å². The minimum Gasteiger partial charge on any atom is -0.382 e. The van der Waals surface area contributed by atoms with E-state index in [4.69, 9.17) is 4.99 Å². The second-order valence-electron chi connectivity index (χ2n) is 10.5. The Morgan fingerprint density at radius 1 is 1.03 bits per heavy atom. The SMILES string of the molecule is C=C(CC1CCC(CC)CC1)N=CC1=CC=C(C(=C)N[C@H](CC)Cc2ccccc2)CCC1C. The molecule has 0 bridgehead atoms. The molecule has 2 heteroatoms. The highest BCUT2D eigenvalue weighted by Gasteiger charge is 2.20. The van der Waals surface area contributed by atoms with Crippen LogP contribution in [0.3, 0.4) is 0 Å². The van der Waals surface area contributed by atoms with E-state index in [1.165, 1.54) is 48.8 Å². The van der Waals surface area contributed by atoms with Crippen molar-refractivity contribution in [2.24, 2.45) is 22.7 Å². The zero-order chi connectivity index (χ0) is 24.3. The van der Waals surface area contributed by atoms with Crippen molar-refractivity contribution in [2.45, 2.75) is 91.0 Å². The van der Waals surface area contributed by atoms with Gasteiger partial charge in [-0.15, -0.1) is 0 Å². The Balaban J connectivity index is 1.55. The van der Waals surface area contributed by atoms with E-state index in [-0.39, 0.29) is 0 Å². The lowest BCUT2D eigenvalue weighted by Gasteiger charge is -2.27. The molecular formula is C32H46N2. The molecule has 34 heavy (non-hydrogen) atoms. The average Bonchev–Trinajstić information content (AvgIpc) is 3.04. The van der Waals surface area contributed by atoms with Crippen molar-refractivity contribution >= 4 is 6.21 Å². The smallest absolute Gasteiger partial charge is 0.0334 e. The molecule has 1 aromatic rings. The van der Waals surface area contributed by atoms with Crippen molar-refractivity contribution in [2.75, 3.05) is 0 Å². The Morgan fingerprint density at radius 3 is 2.41 bits per heavy atom. The Kier molecular flexibility index (Phi) is 10.4. The van der Waals surface area contributed by atoms with Gasteiger partial charge in [-0.2, -0.15) is 0 Å². The number of rotatable bonds is 11. The highest BCUT2D eigenvalue weighted by atomic mass is 14.9. The van der Waals surface area contributed by atoms with Crippen LogP contribution in [0.4, 0.5) is 0 Å². The quantitative estimate of drug-likeness (QED) is 0.330. The molecule has 0 aliphatic heterocycles. The number of nitrogens with one attached hydrogen (secondary N) is 1. The number of hydrogen-bond donors (Lipinski definition) is 1. The summed E-state index contributed by atoms with van der Waals surface area (Å²) in [5, 5.41) is 3.71. The van der Waals surface area contributed by atoms with Crippen LogP contribution in [0.25, 0.3) is 0 Å². The van der Waals surface area contributed by atoms with Gasteiger partial charge in [0.25, 0.3) is 0 Å². The first-order chi connectivity index (χ1) is 16.5. The predicted molar refractivity (Wildman–Crippen MR) is 149 cm³/mol. The van der Waals surface area contributed by atoms with Crippen molar-refractivity contribution in [1.29, 1.82) is 0 Å². The summed E-state index contributed by atoms with van der Waals surface area (Å²) in [7, 11) is 0. The van der Waals surface area contributed by atoms with Crippen molar-refractivity contribution < 1.29 is 0 Å². The third-order valence-corrected chi connectivity index (χ3v) is 7.94. The minimum atomic E-state index is 0.400. The highest BCUT2D eigenvalue weighted by Crippen LogP contribution is 2.34. The fourth-order valence-electron chi connectivity index (χ4n) is 5.34. The number of allylic oxidation sites excluding steroid dienone is 5. The van der Waals surface area contributed by atoms with E-state index < -0.39 is 0 Å². The molecule has 0 aromatic heterocycles. The fraction of sp³-hybridized carbons (Fsp3) is 0.531. The van der Waals surface area contributed by atoms with Gasteiger partial charge in [0.1, 0.15) is 0 Å². The maximum atomic E-state index is 4.80. The third kappa shape index (κ3) is 8.15. The van der Waals surface area contributed by atoms with E-state index in [9.17, 15) is 0 Å². The van der Waals surface area contributed by atoms with E-state index in [1.807, 2.05) is 0 Å². The molecule has 0 radical (unpaired) electrons. The summed E-state index contributed by atoms with van der Waals surface area (Å²) in [6.07, 6.45) is 18.7. The molecule has 2 nitrogen and oxygen atoms in total. The Bertz CT molecular complexity index is 881. The maximum Gasteiger partial charge on any atom is 0.0334 e. The molecule has 2 atom stereocenters. The van der Waals surface area contributed by atoms with Crippen molar-refractivity contribution in [3.8, 4) is 0 Å². The van der Waals surface area contributed by atoms with Crippen LogP contribution >= 0.6 is 0 Å². The minimum absolute atomic E-state index is 0.400. The summed E-state index contributed by atoms with van der Waals surface area (Å²) in [4.78, 5) is 4.80. The molecule has 0 heterocycles. The van der Waals surface area contributed by atoms with Gasteiger partial charge in [0.05, 0.1) is 0 Å². The van der Waals surface area contributed by atoms with Crippen LogP contribution in [0, 0.1) is 17.8 Å². The van der Waals surface area contributed by atoms with Gasteiger partial charge in [0, 0.05) is 23.7 Å². The Hall–Kier alpha value is -2.35. The third-order valence-electron chi connectivity index (χ3n) is 7.94. The van der Waals surface area contributed by atoms with Crippen molar-refractivity contribution in [1.82, 2.24) is 5.32 Å². The zero-order valence-electron chi connectivity index (χ0n) is 21.9. The van der Waals surface area contributed by atoms with Crippen LogP contribution in [0.15, 0.2) is 83.2 Å². The second-order valence-corrected chi connectivity index (χ2v) is 10.5. The van der Waals surface area contributed by atoms with E-state index in [1.54, 1.807) is 0 Å². The van der Waals surface area contributed by atoms with Crippen LogP contribution in [0.2, 0.25) is 0 Å². The molecule has 2 aliphatic carbocycles. The number of aliphatic imine (C=N–C) groups is 1. The number of hydrogen-bond acceptors (Lipinski definition) is 2. The predicted octanol–water partition coefficient (Wildman–Crippen LogP) is 8.58. The number of benzene rings is 1. The van der Waals surface area contributed by atoms with Crippen molar-refractivity contribution in [3.05, 3.63) is 83.7 Å². The van der Waals surface area contributed by atoms with Crippen molar-refractivity contribution in [3.63, 3.8) is 0 Å². The Labute approximate surface area is 209 Å². The van der Waals surface area contributed by atoms with Gasteiger partial charge in [-0.1, -0.05) is 95.7 Å². The second kappa shape index (κ2) is 13.5. The summed E-state index contributed by atoms with van der Waals surface area (Å²) in [6.45, 7) is 15.6. The molecular weight excluding hydrogens is 412 g/mol. The van der Waals surface area contributed by atoms with Crippen LogP contribution in [0.5, 0.6) is 0 Å². The first-order valence-corrected chi connectivity index (χ1v) is 13.6. The lowest BCUT2D eigenvalue weighted by molar-refractivity contribution is 0.268. The largest absolute Gasteiger partial charge is 0.382 e. The molecule has 0 spiro atoms. The molecule has 1 unspecified atom stereocenters. The van der Waals surface area contributed by atoms with Gasteiger partial charge in [-0.05, 0) is 79.4 Å².